The van der Waals surface area contributed by atoms with Crippen LogP contribution in [0.4, 0.5) is 0 Å². The number of hydrogen-bond donors (Lipinski definition) is 2. The topological polar surface area (TPSA) is 74.6 Å². The van der Waals surface area contributed by atoms with Crippen LogP contribution in [0.5, 0.6) is 0 Å². The van der Waals surface area contributed by atoms with E-state index in [2.05, 4.69) is 0 Å². The lowest BCUT2D eigenvalue weighted by atomic mass is 9.93. The van der Waals surface area contributed by atoms with Crippen molar-refractivity contribution in [2.45, 2.75) is 6.42 Å². The SMILES string of the molecule is O=C(O)CC1CSCC1C(=O)O. The molecular weight excluding hydrogens is 180 g/mol. The third-order valence-electron chi connectivity index (χ3n) is 1.95. The Bertz CT molecular complexity index is 204. The second kappa shape index (κ2) is 3.80. The normalized spacial score (nSPS) is 28.7. The molecule has 0 aliphatic carbocycles. The van der Waals surface area contributed by atoms with Gasteiger partial charge in [-0.1, -0.05) is 0 Å². The van der Waals surface area contributed by atoms with Crippen LogP contribution in [0.15, 0.2) is 0 Å². The maximum Gasteiger partial charge on any atom is 0.307 e. The molecule has 4 nitrogen and oxygen atoms in total. The lowest BCUT2D eigenvalue weighted by molar-refractivity contribution is -0.143. The molecule has 12 heavy (non-hydrogen) atoms. The lowest BCUT2D eigenvalue weighted by Crippen LogP contribution is -2.23. The van der Waals surface area contributed by atoms with Crippen LogP contribution in [0.1, 0.15) is 6.42 Å². The highest BCUT2D eigenvalue weighted by Gasteiger charge is 2.34. The second-order valence-corrected chi connectivity index (χ2v) is 3.92. The van der Waals surface area contributed by atoms with Crippen LogP contribution >= 0.6 is 11.8 Å². The maximum absolute atomic E-state index is 10.6. The molecule has 0 radical (unpaired) electrons. The van der Waals surface area contributed by atoms with Crippen LogP contribution in [-0.4, -0.2) is 33.7 Å². The fraction of sp³-hybridized carbons (Fsp3) is 0.714. The molecule has 2 unspecified atom stereocenters. The number of carboxylic acids is 2. The lowest BCUT2D eigenvalue weighted by Gasteiger charge is -2.10. The van der Waals surface area contributed by atoms with E-state index in [1.165, 1.54) is 11.8 Å². The van der Waals surface area contributed by atoms with Crippen molar-refractivity contribution in [1.29, 1.82) is 0 Å². The fourth-order valence-corrected chi connectivity index (χ4v) is 2.75. The average molecular weight is 190 g/mol. The van der Waals surface area contributed by atoms with Gasteiger partial charge in [0.15, 0.2) is 0 Å². The molecule has 1 rings (SSSR count). The summed E-state index contributed by atoms with van der Waals surface area (Å²) in [4.78, 5) is 20.9. The van der Waals surface area contributed by atoms with Gasteiger partial charge < -0.3 is 10.2 Å². The Kier molecular flexibility index (Phi) is 2.97. The number of rotatable bonds is 3. The highest BCUT2D eigenvalue weighted by atomic mass is 32.2. The van der Waals surface area contributed by atoms with E-state index in [-0.39, 0.29) is 12.3 Å². The number of carboxylic acid groups (broad SMARTS) is 2. The maximum atomic E-state index is 10.6. The molecule has 0 aromatic heterocycles. The zero-order valence-electron chi connectivity index (χ0n) is 6.40. The molecule has 0 bridgehead atoms. The predicted molar refractivity (Wildman–Crippen MR) is 44.2 cm³/mol. The smallest absolute Gasteiger partial charge is 0.307 e. The summed E-state index contributed by atoms with van der Waals surface area (Å²) in [6.07, 6.45) is -0.0238. The molecule has 1 saturated heterocycles. The molecule has 1 aliphatic heterocycles. The highest BCUT2D eigenvalue weighted by Crippen LogP contribution is 2.32. The minimum absolute atomic E-state index is 0.0238. The Morgan fingerprint density at radius 1 is 1.33 bits per heavy atom. The van der Waals surface area contributed by atoms with E-state index < -0.39 is 17.9 Å². The van der Waals surface area contributed by atoms with Crippen LogP contribution in [0, 0.1) is 11.8 Å². The monoisotopic (exact) mass is 190 g/mol. The summed E-state index contributed by atoms with van der Waals surface area (Å²) in [6.45, 7) is 0. The van der Waals surface area contributed by atoms with E-state index >= 15 is 0 Å². The molecule has 0 spiro atoms. The molecule has 2 N–H and O–H groups in total. The number of carbonyl (C=O) groups is 2. The minimum atomic E-state index is -0.909. The molecule has 2 atom stereocenters. The first-order valence-electron chi connectivity index (χ1n) is 3.63. The van der Waals surface area contributed by atoms with Gasteiger partial charge in [0, 0.05) is 12.2 Å². The van der Waals surface area contributed by atoms with Gasteiger partial charge in [-0.3, -0.25) is 9.59 Å². The minimum Gasteiger partial charge on any atom is -0.481 e. The third-order valence-corrected chi connectivity index (χ3v) is 3.21. The van der Waals surface area contributed by atoms with Gasteiger partial charge in [-0.15, -0.1) is 0 Å². The third kappa shape index (κ3) is 2.14. The van der Waals surface area contributed by atoms with Crippen LogP contribution in [-0.2, 0) is 9.59 Å². The van der Waals surface area contributed by atoms with E-state index in [4.69, 9.17) is 10.2 Å². The summed E-state index contributed by atoms with van der Waals surface area (Å²) in [6, 6.07) is 0. The molecule has 0 aromatic carbocycles. The summed E-state index contributed by atoms with van der Waals surface area (Å²) in [5.74, 6) is -1.23. The Morgan fingerprint density at radius 2 is 2.00 bits per heavy atom. The zero-order chi connectivity index (χ0) is 9.14. The summed E-state index contributed by atoms with van der Waals surface area (Å²) in [7, 11) is 0. The first-order valence-corrected chi connectivity index (χ1v) is 4.79. The molecule has 68 valence electrons. The van der Waals surface area contributed by atoms with Crippen LogP contribution in [0.2, 0.25) is 0 Å². The Labute approximate surface area is 74.0 Å². The van der Waals surface area contributed by atoms with Crippen molar-refractivity contribution >= 4 is 23.7 Å². The summed E-state index contributed by atoms with van der Waals surface area (Å²) >= 11 is 1.52. The number of aliphatic carboxylic acids is 2. The van der Waals surface area contributed by atoms with Crippen molar-refractivity contribution in [3.63, 3.8) is 0 Å². The average Bonchev–Trinajstić information content (AvgIpc) is 2.33. The van der Waals surface area contributed by atoms with Gasteiger partial charge in [0.25, 0.3) is 0 Å². The van der Waals surface area contributed by atoms with Crippen LogP contribution in [0.3, 0.4) is 0 Å². The summed E-state index contributed by atoms with van der Waals surface area (Å²) < 4.78 is 0. The van der Waals surface area contributed by atoms with Gasteiger partial charge in [-0.05, 0) is 11.7 Å². The Hall–Kier alpha value is -0.710. The first kappa shape index (κ1) is 9.38. The second-order valence-electron chi connectivity index (χ2n) is 2.84. The van der Waals surface area contributed by atoms with Gasteiger partial charge in [0.2, 0.25) is 0 Å². The van der Waals surface area contributed by atoms with Crippen molar-refractivity contribution in [3.8, 4) is 0 Å². The molecule has 0 amide bonds. The van der Waals surface area contributed by atoms with Crippen molar-refractivity contribution in [1.82, 2.24) is 0 Å². The zero-order valence-corrected chi connectivity index (χ0v) is 7.21. The van der Waals surface area contributed by atoms with E-state index in [1.54, 1.807) is 0 Å². The quantitative estimate of drug-likeness (QED) is 0.678. The molecule has 1 aliphatic rings. The van der Waals surface area contributed by atoms with Crippen molar-refractivity contribution < 1.29 is 19.8 Å². The number of hydrogen-bond acceptors (Lipinski definition) is 3. The summed E-state index contributed by atoms with van der Waals surface area (Å²) in [5.41, 5.74) is 0. The van der Waals surface area contributed by atoms with Crippen molar-refractivity contribution in [2.24, 2.45) is 11.8 Å². The van der Waals surface area contributed by atoms with Crippen LogP contribution < -0.4 is 0 Å². The molecule has 0 saturated carbocycles. The van der Waals surface area contributed by atoms with E-state index in [1.807, 2.05) is 0 Å². The molecule has 5 heteroatoms. The Balaban J connectivity index is 2.52. The van der Waals surface area contributed by atoms with Gasteiger partial charge in [0.05, 0.1) is 5.92 Å². The predicted octanol–water partition coefficient (Wildman–Crippen LogP) is 0.525. The molecule has 0 aromatic rings. The van der Waals surface area contributed by atoms with Gasteiger partial charge in [-0.2, -0.15) is 11.8 Å². The van der Waals surface area contributed by atoms with Gasteiger partial charge in [-0.25, -0.2) is 0 Å². The standard InChI is InChI=1S/C7H10O4S/c8-6(9)1-4-2-12-3-5(4)7(10)11/h4-5H,1-3H2,(H,8,9)(H,10,11). The summed E-state index contributed by atoms with van der Waals surface area (Å²) in [5, 5.41) is 17.2. The van der Waals surface area contributed by atoms with Gasteiger partial charge in [0.1, 0.15) is 0 Å². The fourth-order valence-electron chi connectivity index (χ4n) is 1.30. The molecule has 1 fully saturated rings. The Morgan fingerprint density at radius 3 is 2.50 bits per heavy atom. The van der Waals surface area contributed by atoms with E-state index in [9.17, 15) is 9.59 Å². The largest absolute Gasteiger partial charge is 0.481 e. The van der Waals surface area contributed by atoms with Crippen molar-refractivity contribution in [3.05, 3.63) is 0 Å². The van der Waals surface area contributed by atoms with E-state index in [0.717, 1.165) is 0 Å². The highest BCUT2D eigenvalue weighted by molar-refractivity contribution is 7.99. The van der Waals surface area contributed by atoms with E-state index in [0.29, 0.717) is 11.5 Å². The van der Waals surface area contributed by atoms with Gasteiger partial charge >= 0.3 is 11.9 Å². The first-order chi connectivity index (χ1) is 5.61. The molecule has 1 heterocycles. The number of thioether (sulfide) groups is 1. The molecular formula is C7H10O4S. The van der Waals surface area contributed by atoms with Crippen molar-refractivity contribution in [2.75, 3.05) is 11.5 Å². The van der Waals surface area contributed by atoms with Crippen LogP contribution in [0.25, 0.3) is 0 Å².